The molecule has 2 aromatic rings. The molecule has 0 aliphatic rings. The van der Waals surface area contributed by atoms with Crippen LogP contribution in [0.5, 0.6) is 0 Å². The molecule has 0 aliphatic carbocycles. The average molecular weight is 424 g/mol. The maximum absolute atomic E-state index is 12.0. The molecule has 2 unspecified atom stereocenters. The summed E-state index contributed by atoms with van der Waals surface area (Å²) >= 11 is 5.98. The van der Waals surface area contributed by atoms with Crippen LogP contribution in [0.2, 0.25) is 0 Å². The van der Waals surface area contributed by atoms with Crippen LogP contribution in [0.4, 0.5) is 0 Å². The van der Waals surface area contributed by atoms with Crippen LogP contribution < -0.4 is 0 Å². The van der Waals surface area contributed by atoms with Crippen molar-refractivity contribution in [3.8, 4) is 0 Å². The quantitative estimate of drug-likeness (QED) is 0.482. The number of carbonyl (C=O) groups is 2. The van der Waals surface area contributed by atoms with Crippen molar-refractivity contribution in [1.82, 2.24) is 0 Å². The van der Waals surface area contributed by atoms with Crippen molar-refractivity contribution in [3.63, 3.8) is 0 Å². The van der Waals surface area contributed by atoms with Crippen LogP contribution in [0.25, 0.3) is 0 Å². The number of hydrogen-bond acceptors (Lipinski definition) is 2. The van der Waals surface area contributed by atoms with E-state index in [0.717, 1.165) is 11.1 Å². The van der Waals surface area contributed by atoms with E-state index in [4.69, 9.17) is 0 Å². The summed E-state index contributed by atoms with van der Waals surface area (Å²) in [5, 5.41) is 0. The number of carbonyl (C=O) groups excluding carboxylic acids is 2. The summed E-state index contributed by atoms with van der Waals surface area (Å²) in [6.45, 7) is 2.05. The molecule has 4 heteroatoms. The van der Waals surface area contributed by atoms with Gasteiger partial charge in [0.1, 0.15) is 5.92 Å². The van der Waals surface area contributed by atoms with Gasteiger partial charge in [-0.25, -0.2) is 0 Å². The second kappa shape index (κ2) is 7.84. The monoisotopic (exact) mass is 422 g/mol. The van der Waals surface area contributed by atoms with E-state index in [1.807, 2.05) is 67.6 Å². The molecule has 0 aliphatic heterocycles. The zero-order chi connectivity index (χ0) is 16.1. The van der Waals surface area contributed by atoms with Crippen LogP contribution in [-0.4, -0.2) is 9.39 Å². The summed E-state index contributed by atoms with van der Waals surface area (Å²) in [5.74, 6) is -0.975. The van der Waals surface area contributed by atoms with Crippen LogP contribution in [0.15, 0.2) is 60.7 Å². The van der Waals surface area contributed by atoms with Crippen molar-refractivity contribution in [2.24, 2.45) is 5.92 Å². The Morgan fingerprint density at radius 3 is 1.59 bits per heavy atom. The molecular formula is C18H16Br2O2. The van der Waals surface area contributed by atoms with Crippen molar-refractivity contribution >= 4 is 41.2 Å². The zero-order valence-corrected chi connectivity index (χ0v) is 15.2. The maximum Gasteiger partial charge on any atom is 0.209 e. The van der Waals surface area contributed by atoms with Crippen molar-refractivity contribution in [3.05, 3.63) is 71.8 Å². The van der Waals surface area contributed by atoms with Gasteiger partial charge in [0, 0.05) is 5.92 Å². The highest BCUT2D eigenvalue weighted by Crippen LogP contribution is 2.40. The lowest BCUT2D eigenvalue weighted by Gasteiger charge is -2.29. The van der Waals surface area contributed by atoms with Gasteiger partial charge in [0.15, 0.2) is 0 Å². The Kier molecular flexibility index (Phi) is 6.09. The van der Waals surface area contributed by atoms with E-state index < -0.39 is 5.92 Å². The zero-order valence-electron chi connectivity index (χ0n) is 12.1. The van der Waals surface area contributed by atoms with E-state index in [2.05, 4.69) is 31.9 Å². The maximum atomic E-state index is 12.0. The molecule has 0 N–H and O–H groups in total. The first-order chi connectivity index (χ1) is 10.5. The topological polar surface area (TPSA) is 34.1 Å². The normalized spacial score (nSPS) is 13.6. The molecule has 0 amide bonds. The summed E-state index contributed by atoms with van der Waals surface area (Å²) in [6.07, 6.45) is 0. The molecule has 2 rings (SSSR count). The van der Waals surface area contributed by atoms with Gasteiger partial charge in [0.25, 0.3) is 0 Å². The number of halogens is 2. The van der Waals surface area contributed by atoms with Gasteiger partial charge in [-0.2, -0.15) is 0 Å². The summed E-state index contributed by atoms with van der Waals surface area (Å²) in [4.78, 5) is 24.0. The minimum atomic E-state index is -0.766. The summed E-state index contributed by atoms with van der Waals surface area (Å²) in [6, 6.07) is 19.6. The molecule has 0 aromatic heterocycles. The van der Waals surface area contributed by atoms with Gasteiger partial charge in [0.05, 0.1) is 0 Å². The van der Waals surface area contributed by atoms with Crippen molar-refractivity contribution in [2.45, 2.75) is 18.8 Å². The molecule has 2 aromatic carbocycles. The Hall–Kier alpha value is -1.26. The predicted octanol–water partition coefficient (Wildman–Crippen LogP) is 5.03. The lowest BCUT2D eigenvalue weighted by Crippen LogP contribution is -2.27. The van der Waals surface area contributed by atoms with Gasteiger partial charge < -0.3 is 0 Å². The summed E-state index contributed by atoms with van der Waals surface area (Å²) in [7, 11) is 0. The highest BCUT2D eigenvalue weighted by atomic mass is 79.9. The van der Waals surface area contributed by atoms with Gasteiger partial charge in [-0.15, -0.1) is 0 Å². The molecule has 0 saturated carbocycles. The molecule has 0 radical (unpaired) electrons. The van der Waals surface area contributed by atoms with Gasteiger partial charge in [-0.05, 0) is 48.9 Å². The third kappa shape index (κ3) is 3.93. The Labute approximate surface area is 147 Å². The molecule has 22 heavy (non-hydrogen) atoms. The summed E-state index contributed by atoms with van der Waals surface area (Å²) in [5.41, 5.74) is 2.08. The number of benzene rings is 2. The number of rotatable bonds is 6. The first-order valence-corrected chi connectivity index (χ1v) is 8.59. The van der Waals surface area contributed by atoms with Crippen molar-refractivity contribution < 1.29 is 9.59 Å². The smallest absolute Gasteiger partial charge is 0.209 e. The third-order valence-corrected chi connectivity index (χ3v) is 4.88. The molecule has 2 nitrogen and oxygen atoms in total. The second-order valence-electron chi connectivity index (χ2n) is 5.22. The lowest BCUT2D eigenvalue weighted by molar-refractivity contribution is -0.123. The van der Waals surface area contributed by atoms with Gasteiger partial charge in [-0.3, -0.25) is 9.59 Å². The fourth-order valence-corrected chi connectivity index (χ4v) is 4.07. The average Bonchev–Trinajstić information content (AvgIpc) is 2.52. The van der Waals surface area contributed by atoms with Gasteiger partial charge in [-0.1, -0.05) is 67.6 Å². The highest BCUT2D eigenvalue weighted by Gasteiger charge is 2.37. The highest BCUT2D eigenvalue weighted by molar-refractivity contribution is 9.19. The van der Waals surface area contributed by atoms with E-state index in [9.17, 15) is 9.59 Å². The first-order valence-electron chi connectivity index (χ1n) is 7.01. The van der Waals surface area contributed by atoms with E-state index >= 15 is 0 Å². The van der Waals surface area contributed by atoms with E-state index in [-0.39, 0.29) is 21.2 Å². The molecule has 2 atom stereocenters. The molecule has 0 spiro atoms. The molecule has 0 saturated heterocycles. The van der Waals surface area contributed by atoms with Crippen LogP contribution in [-0.2, 0) is 9.59 Å². The van der Waals surface area contributed by atoms with Crippen molar-refractivity contribution in [1.29, 1.82) is 0 Å². The van der Waals surface area contributed by atoms with Crippen LogP contribution >= 0.6 is 31.9 Å². The van der Waals surface area contributed by atoms with Crippen LogP contribution in [0, 0.1) is 5.92 Å². The minimum absolute atomic E-state index is 0.0246. The molecule has 0 fully saturated rings. The van der Waals surface area contributed by atoms with Gasteiger partial charge >= 0.3 is 0 Å². The van der Waals surface area contributed by atoms with E-state index in [0.29, 0.717) is 0 Å². The predicted molar refractivity (Wildman–Crippen MR) is 95.4 cm³/mol. The minimum Gasteiger partial charge on any atom is -0.286 e. The lowest BCUT2D eigenvalue weighted by atomic mass is 9.75. The van der Waals surface area contributed by atoms with Crippen molar-refractivity contribution in [2.75, 3.05) is 0 Å². The first kappa shape index (κ1) is 17.1. The molecule has 0 bridgehead atoms. The molecule has 0 heterocycles. The van der Waals surface area contributed by atoms with E-state index in [1.165, 1.54) is 0 Å². The third-order valence-electron chi connectivity index (χ3n) is 3.90. The number of hydrogen-bond donors (Lipinski definition) is 0. The van der Waals surface area contributed by atoms with Crippen LogP contribution in [0.1, 0.15) is 29.9 Å². The van der Waals surface area contributed by atoms with Gasteiger partial charge in [0.2, 0.25) is 9.39 Å². The van der Waals surface area contributed by atoms with E-state index in [1.54, 1.807) is 0 Å². The summed E-state index contributed by atoms with van der Waals surface area (Å²) < 4.78 is -0.600. The largest absolute Gasteiger partial charge is 0.286 e. The fourth-order valence-electron chi connectivity index (χ4n) is 2.78. The fraction of sp³-hybridized carbons (Fsp3) is 0.222. The Bertz CT molecular complexity index is 627. The SMILES string of the molecule is CC(c1ccccc1)C(c1ccccc1)C(C(=O)Br)C(=O)Br. The Morgan fingerprint density at radius 2 is 1.18 bits per heavy atom. The van der Waals surface area contributed by atoms with Crippen LogP contribution in [0.3, 0.4) is 0 Å². The molecule has 114 valence electrons. The second-order valence-corrected chi connectivity index (χ2v) is 6.78. The standard InChI is InChI=1S/C18H16Br2O2/c1-12(13-8-4-2-5-9-13)15(14-10-6-3-7-11-14)16(17(19)21)18(20)22/h2-12,15-16H,1H3. The molecular weight excluding hydrogens is 408 g/mol. The Morgan fingerprint density at radius 1 is 0.773 bits per heavy atom. The Balaban J connectivity index is 2.50.